The maximum atomic E-state index is 10.3. The molecule has 0 aromatic carbocycles. The zero-order valence-electron chi connectivity index (χ0n) is 5.80. The summed E-state index contributed by atoms with van der Waals surface area (Å²) >= 11 is 0. The molecule has 78 valence electrons. The van der Waals surface area contributed by atoms with Gasteiger partial charge in [-0.2, -0.15) is 0 Å². The third kappa shape index (κ3) is 1.97. The van der Waals surface area contributed by atoms with Crippen molar-refractivity contribution in [1.29, 1.82) is 0 Å². The van der Waals surface area contributed by atoms with E-state index in [0.717, 1.165) is 0 Å². The van der Waals surface area contributed by atoms with E-state index in [4.69, 9.17) is 29.8 Å². The minimum Gasteiger partial charge on any atom is -0.478 e. The molecule has 0 aliphatic carbocycles. The highest BCUT2D eigenvalue weighted by molar-refractivity contribution is 7.73. The Morgan fingerprint density at radius 1 is 1.00 bits per heavy atom. The molecule has 0 spiro atoms. The molecular weight excluding hydrogens is 230 g/mol. The van der Waals surface area contributed by atoms with Crippen molar-refractivity contribution >= 4 is 21.2 Å². The molecule has 9 nitrogen and oxygen atoms in total. The first kappa shape index (κ1) is 12.7. The first-order valence-electron chi connectivity index (χ1n) is 2.51. The molecule has 0 aliphatic rings. The van der Waals surface area contributed by atoms with Gasteiger partial charge in [0.15, 0.2) is 0 Å². The Kier molecular flexibility index (Phi) is 3.08. The summed E-state index contributed by atoms with van der Waals surface area (Å²) in [7, 11) is -11.7. The van der Waals surface area contributed by atoms with Gasteiger partial charge in [0.2, 0.25) is 0 Å². The van der Waals surface area contributed by atoms with Crippen LogP contribution in [0.3, 0.4) is 0 Å². The first-order valence-corrected chi connectivity index (χ1v) is 5.74. The van der Waals surface area contributed by atoms with Gasteiger partial charge in [-0.15, -0.1) is 0 Å². The summed E-state index contributed by atoms with van der Waals surface area (Å²) in [5, 5.41) is 12.3. The summed E-state index contributed by atoms with van der Waals surface area (Å²) in [6.45, 7) is 0. The summed E-state index contributed by atoms with van der Waals surface area (Å²) in [5.41, 5.74) is 0. The summed E-state index contributed by atoms with van der Waals surface area (Å²) < 4.78 is 20.6. The molecule has 0 fully saturated rings. The molecule has 0 atom stereocenters. The molecule has 0 rings (SSSR count). The maximum absolute atomic E-state index is 10.3. The van der Waals surface area contributed by atoms with Crippen LogP contribution in [0.25, 0.3) is 0 Å². The van der Waals surface area contributed by atoms with Crippen LogP contribution in [-0.2, 0) is 13.9 Å². The van der Waals surface area contributed by atoms with Gasteiger partial charge in [-0.05, 0) is 0 Å². The number of hydrogen-bond donors (Lipinski definition) is 6. The fourth-order valence-electron chi connectivity index (χ4n) is 0.419. The van der Waals surface area contributed by atoms with Crippen LogP contribution in [0.5, 0.6) is 0 Å². The monoisotopic (exact) mass is 236 g/mol. The van der Waals surface area contributed by atoms with Crippen molar-refractivity contribution in [3.8, 4) is 0 Å². The highest BCUT2D eigenvalue weighted by Gasteiger charge is 2.66. The largest absolute Gasteiger partial charge is 0.478 e. The van der Waals surface area contributed by atoms with Crippen molar-refractivity contribution in [2.75, 3.05) is 0 Å². The topological polar surface area (TPSA) is 173 Å². The third-order valence-corrected chi connectivity index (χ3v) is 4.67. The van der Waals surface area contributed by atoms with Crippen molar-refractivity contribution in [3.05, 3.63) is 0 Å². The number of carbonyl (C=O) groups is 1. The van der Waals surface area contributed by atoms with E-state index in [1.54, 1.807) is 0 Å². The minimum absolute atomic E-state index is 2.69. The van der Waals surface area contributed by atoms with Crippen LogP contribution in [0.1, 0.15) is 0 Å². The Balaban J connectivity index is 5.64. The molecule has 0 aromatic rings. The quantitative estimate of drug-likeness (QED) is 0.305. The average Bonchev–Trinajstić information content (AvgIpc) is 1.80. The van der Waals surface area contributed by atoms with Crippen LogP contribution in [-0.4, -0.2) is 40.8 Å². The predicted molar refractivity (Wildman–Crippen MR) is 36.7 cm³/mol. The van der Waals surface area contributed by atoms with E-state index < -0.39 is 26.2 Å². The van der Waals surface area contributed by atoms with Crippen molar-refractivity contribution in [2.45, 2.75) is 5.08 Å². The van der Waals surface area contributed by atoms with Crippen molar-refractivity contribution in [2.24, 2.45) is 0 Å². The van der Waals surface area contributed by atoms with Gasteiger partial charge in [0.1, 0.15) is 0 Å². The van der Waals surface area contributed by atoms with E-state index in [9.17, 15) is 13.9 Å². The third-order valence-electron chi connectivity index (χ3n) is 1.10. The molecule has 0 heterocycles. The predicted octanol–water partition coefficient (Wildman–Crippen LogP) is -1.93. The van der Waals surface area contributed by atoms with Crippen molar-refractivity contribution in [3.63, 3.8) is 0 Å². The van der Waals surface area contributed by atoms with Gasteiger partial charge in [0.05, 0.1) is 0 Å². The molecule has 11 heteroatoms. The fourth-order valence-corrected chi connectivity index (χ4v) is 2.27. The summed E-state index contributed by atoms with van der Waals surface area (Å²) in [6.07, 6.45) is 0. The van der Waals surface area contributed by atoms with Crippen LogP contribution in [0.15, 0.2) is 0 Å². The van der Waals surface area contributed by atoms with E-state index >= 15 is 0 Å². The fraction of sp³-hybridized carbons (Fsp3) is 0.500. The van der Waals surface area contributed by atoms with Crippen LogP contribution >= 0.6 is 15.2 Å². The van der Waals surface area contributed by atoms with E-state index in [1.165, 1.54) is 0 Å². The highest BCUT2D eigenvalue weighted by Crippen LogP contribution is 2.67. The van der Waals surface area contributed by atoms with Crippen molar-refractivity contribution < 1.29 is 43.7 Å². The Labute approximate surface area is 71.0 Å². The minimum atomic E-state index is -5.87. The van der Waals surface area contributed by atoms with Gasteiger partial charge < -0.3 is 29.8 Å². The molecule has 0 aliphatic heterocycles. The van der Waals surface area contributed by atoms with Gasteiger partial charge in [0, 0.05) is 0 Å². The molecule has 0 saturated heterocycles. The molecule has 13 heavy (non-hydrogen) atoms. The van der Waals surface area contributed by atoms with Crippen LogP contribution in [0.2, 0.25) is 0 Å². The zero-order chi connectivity index (χ0) is 11.1. The summed E-state index contributed by atoms with van der Waals surface area (Å²) in [4.78, 5) is 43.0. The van der Waals surface area contributed by atoms with Gasteiger partial charge in [-0.1, -0.05) is 0 Å². The molecule has 0 amide bonds. The smallest absolute Gasteiger partial charge is 0.381 e. The molecular formula is C2H6O9P2. The van der Waals surface area contributed by atoms with Crippen LogP contribution < -0.4 is 0 Å². The Morgan fingerprint density at radius 3 is 1.23 bits per heavy atom. The SMILES string of the molecule is O=C(O)C(O)(P(=O)(O)O)P(=O)(O)O. The Bertz CT molecular complexity index is 284. The standard InChI is InChI=1S/C2H6O9P2/c3-1(4)2(5,12(6,7)8)13(9,10)11/h5H,(H,3,4)(H2,6,7,8)(H2,9,10,11). The number of aliphatic hydroxyl groups is 1. The maximum Gasteiger partial charge on any atom is 0.381 e. The number of carboxylic acid groups (broad SMARTS) is 1. The van der Waals surface area contributed by atoms with E-state index in [1.807, 2.05) is 0 Å². The number of hydrogen-bond acceptors (Lipinski definition) is 4. The second-order valence-electron chi connectivity index (χ2n) is 2.03. The van der Waals surface area contributed by atoms with E-state index in [-0.39, 0.29) is 0 Å². The van der Waals surface area contributed by atoms with Crippen molar-refractivity contribution in [1.82, 2.24) is 0 Å². The number of rotatable bonds is 3. The Morgan fingerprint density at radius 2 is 1.23 bits per heavy atom. The molecule has 0 unspecified atom stereocenters. The molecule has 0 aromatic heterocycles. The average molecular weight is 236 g/mol. The number of aliphatic carboxylic acids is 1. The lowest BCUT2D eigenvalue weighted by Gasteiger charge is -2.24. The molecule has 0 saturated carbocycles. The lowest BCUT2D eigenvalue weighted by molar-refractivity contribution is -0.146. The van der Waals surface area contributed by atoms with Gasteiger partial charge in [-0.25, -0.2) is 4.79 Å². The summed E-state index contributed by atoms with van der Waals surface area (Å²) in [5.74, 6) is -2.69. The van der Waals surface area contributed by atoms with Gasteiger partial charge in [0.25, 0.3) is 0 Å². The second-order valence-corrected chi connectivity index (χ2v) is 5.85. The van der Waals surface area contributed by atoms with Gasteiger partial charge >= 0.3 is 26.2 Å². The number of carboxylic acids is 1. The van der Waals surface area contributed by atoms with E-state index in [0.29, 0.717) is 0 Å². The van der Waals surface area contributed by atoms with E-state index in [2.05, 4.69) is 0 Å². The molecule has 0 bridgehead atoms. The normalized spacial score (nSPS) is 14.2. The Hall–Kier alpha value is -0.270. The van der Waals surface area contributed by atoms with Crippen LogP contribution in [0, 0.1) is 0 Å². The zero-order valence-corrected chi connectivity index (χ0v) is 7.59. The second kappa shape index (κ2) is 3.14. The molecule has 6 N–H and O–H groups in total. The summed E-state index contributed by atoms with van der Waals surface area (Å²) in [6, 6.07) is 0. The van der Waals surface area contributed by atoms with Crippen LogP contribution in [0.4, 0.5) is 0 Å². The van der Waals surface area contributed by atoms with Gasteiger partial charge in [-0.3, -0.25) is 9.13 Å². The molecule has 0 radical (unpaired) electrons. The first-order chi connectivity index (χ1) is 5.44. The highest BCUT2D eigenvalue weighted by atomic mass is 31.2. The lowest BCUT2D eigenvalue weighted by atomic mass is 10.7. The lowest BCUT2D eigenvalue weighted by Crippen LogP contribution is -2.37.